The number of carbonyl (C=O) groups excluding carboxylic acids is 1. The molecular weight excluding hydrogens is 302 g/mol. The highest BCUT2D eigenvalue weighted by Gasteiger charge is 2.09. The van der Waals surface area contributed by atoms with Gasteiger partial charge in [-0.25, -0.2) is 9.67 Å². The molecular formula is C14H13N5O2S. The van der Waals surface area contributed by atoms with Crippen molar-refractivity contribution in [1.82, 2.24) is 20.0 Å². The number of methoxy groups -OCH3 is 1. The molecule has 0 spiro atoms. The molecule has 0 saturated heterocycles. The molecule has 7 nitrogen and oxygen atoms in total. The van der Waals surface area contributed by atoms with E-state index in [0.29, 0.717) is 10.8 Å². The summed E-state index contributed by atoms with van der Waals surface area (Å²) in [6.07, 6.45) is 3.36. The minimum Gasteiger partial charge on any atom is -0.497 e. The van der Waals surface area contributed by atoms with E-state index >= 15 is 0 Å². The number of anilines is 1. The standard InChI is InChI=1S/C14H13N5O2S/c1-21-11-4-2-10(3-5-11)12-8-19(18-17-12)9-13(20)16-14-15-6-7-22-14/h2-8H,9H2,1H3,(H,15,16,20). The minimum atomic E-state index is -0.193. The monoisotopic (exact) mass is 315 g/mol. The zero-order chi connectivity index (χ0) is 15.4. The highest BCUT2D eigenvalue weighted by Crippen LogP contribution is 2.20. The summed E-state index contributed by atoms with van der Waals surface area (Å²) in [5, 5.41) is 13.1. The summed E-state index contributed by atoms with van der Waals surface area (Å²) in [7, 11) is 1.62. The van der Waals surface area contributed by atoms with Crippen LogP contribution in [0.3, 0.4) is 0 Å². The summed E-state index contributed by atoms with van der Waals surface area (Å²) >= 11 is 1.37. The molecule has 0 atom stereocenters. The molecule has 0 aliphatic carbocycles. The molecule has 0 bridgehead atoms. The third-order valence-corrected chi connectivity index (χ3v) is 3.60. The fraction of sp³-hybridized carbons (Fsp3) is 0.143. The minimum absolute atomic E-state index is 0.0860. The van der Waals surface area contributed by atoms with Crippen LogP contribution in [0.1, 0.15) is 0 Å². The second-order valence-electron chi connectivity index (χ2n) is 4.42. The predicted octanol–water partition coefficient (Wildman–Crippen LogP) is 2.05. The molecule has 0 radical (unpaired) electrons. The summed E-state index contributed by atoms with van der Waals surface area (Å²) in [6, 6.07) is 7.48. The molecule has 3 rings (SSSR count). The van der Waals surface area contributed by atoms with E-state index in [2.05, 4.69) is 20.6 Å². The van der Waals surface area contributed by atoms with E-state index in [9.17, 15) is 4.79 Å². The Labute approximate surface area is 130 Å². The van der Waals surface area contributed by atoms with E-state index in [1.54, 1.807) is 24.9 Å². The highest BCUT2D eigenvalue weighted by molar-refractivity contribution is 7.13. The van der Waals surface area contributed by atoms with E-state index in [0.717, 1.165) is 11.3 Å². The van der Waals surface area contributed by atoms with Crippen LogP contribution in [0.15, 0.2) is 42.0 Å². The van der Waals surface area contributed by atoms with Crippen molar-refractivity contribution in [2.75, 3.05) is 12.4 Å². The molecule has 1 aromatic carbocycles. The number of hydrogen-bond acceptors (Lipinski definition) is 6. The lowest BCUT2D eigenvalue weighted by Crippen LogP contribution is -2.18. The van der Waals surface area contributed by atoms with Crippen molar-refractivity contribution in [2.24, 2.45) is 0 Å². The molecule has 3 aromatic rings. The van der Waals surface area contributed by atoms with Crippen LogP contribution in [0, 0.1) is 0 Å². The lowest BCUT2D eigenvalue weighted by molar-refractivity contribution is -0.116. The van der Waals surface area contributed by atoms with Gasteiger partial charge in [0, 0.05) is 17.1 Å². The Balaban J connectivity index is 1.66. The molecule has 2 aromatic heterocycles. The van der Waals surface area contributed by atoms with Crippen LogP contribution < -0.4 is 10.1 Å². The Hall–Kier alpha value is -2.74. The molecule has 2 heterocycles. The van der Waals surface area contributed by atoms with Crippen LogP contribution in [0.5, 0.6) is 5.75 Å². The van der Waals surface area contributed by atoms with Gasteiger partial charge in [0.15, 0.2) is 5.13 Å². The molecule has 22 heavy (non-hydrogen) atoms. The second kappa shape index (κ2) is 6.35. The first kappa shape index (κ1) is 14.2. The summed E-state index contributed by atoms with van der Waals surface area (Å²) in [5.74, 6) is 0.583. The fourth-order valence-electron chi connectivity index (χ4n) is 1.86. The van der Waals surface area contributed by atoms with Gasteiger partial charge < -0.3 is 10.1 Å². The number of thiazole rings is 1. The summed E-state index contributed by atoms with van der Waals surface area (Å²) < 4.78 is 6.60. The smallest absolute Gasteiger partial charge is 0.247 e. The van der Waals surface area contributed by atoms with Crippen LogP contribution in [-0.2, 0) is 11.3 Å². The summed E-state index contributed by atoms with van der Waals surface area (Å²) in [6.45, 7) is 0.0860. The summed E-state index contributed by atoms with van der Waals surface area (Å²) in [4.78, 5) is 15.9. The zero-order valence-electron chi connectivity index (χ0n) is 11.8. The van der Waals surface area contributed by atoms with E-state index < -0.39 is 0 Å². The number of hydrogen-bond donors (Lipinski definition) is 1. The predicted molar refractivity (Wildman–Crippen MR) is 82.8 cm³/mol. The van der Waals surface area contributed by atoms with Crippen molar-refractivity contribution in [3.63, 3.8) is 0 Å². The largest absolute Gasteiger partial charge is 0.497 e. The van der Waals surface area contributed by atoms with Gasteiger partial charge in [0.05, 0.1) is 13.3 Å². The lowest BCUT2D eigenvalue weighted by atomic mass is 10.2. The molecule has 0 aliphatic heterocycles. The number of benzene rings is 1. The first-order chi connectivity index (χ1) is 10.7. The lowest BCUT2D eigenvalue weighted by Gasteiger charge is -2.01. The van der Waals surface area contributed by atoms with Gasteiger partial charge >= 0.3 is 0 Å². The summed E-state index contributed by atoms with van der Waals surface area (Å²) in [5.41, 5.74) is 1.61. The van der Waals surface area contributed by atoms with Gasteiger partial charge in [0.2, 0.25) is 5.91 Å². The normalized spacial score (nSPS) is 10.4. The third kappa shape index (κ3) is 3.29. The van der Waals surface area contributed by atoms with Crippen LogP contribution in [0.25, 0.3) is 11.3 Å². The number of nitrogens with one attached hydrogen (secondary N) is 1. The van der Waals surface area contributed by atoms with Crippen LogP contribution in [0.2, 0.25) is 0 Å². The van der Waals surface area contributed by atoms with Gasteiger partial charge in [-0.3, -0.25) is 4.79 Å². The van der Waals surface area contributed by atoms with Crippen molar-refractivity contribution in [1.29, 1.82) is 0 Å². The maximum atomic E-state index is 11.9. The van der Waals surface area contributed by atoms with Crippen LogP contribution >= 0.6 is 11.3 Å². The van der Waals surface area contributed by atoms with Gasteiger partial charge in [0.1, 0.15) is 18.0 Å². The molecule has 0 aliphatic rings. The Bertz CT molecular complexity index is 752. The quantitative estimate of drug-likeness (QED) is 0.779. The third-order valence-electron chi connectivity index (χ3n) is 2.91. The highest BCUT2D eigenvalue weighted by atomic mass is 32.1. The number of nitrogens with zero attached hydrogens (tertiary/aromatic N) is 4. The van der Waals surface area contributed by atoms with Crippen molar-refractivity contribution < 1.29 is 9.53 Å². The Morgan fingerprint density at radius 2 is 2.18 bits per heavy atom. The van der Waals surface area contributed by atoms with Crippen LogP contribution in [0.4, 0.5) is 5.13 Å². The van der Waals surface area contributed by atoms with Gasteiger partial charge in [0.25, 0.3) is 0 Å². The van der Waals surface area contributed by atoms with Crippen molar-refractivity contribution in [3.05, 3.63) is 42.0 Å². The number of rotatable bonds is 5. The topological polar surface area (TPSA) is 81.9 Å². The Morgan fingerprint density at radius 3 is 2.86 bits per heavy atom. The molecule has 1 N–H and O–H groups in total. The number of ether oxygens (including phenoxy) is 1. The van der Waals surface area contributed by atoms with Crippen molar-refractivity contribution >= 4 is 22.4 Å². The maximum absolute atomic E-state index is 11.9. The average molecular weight is 315 g/mol. The van der Waals surface area contributed by atoms with E-state index in [4.69, 9.17) is 4.74 Å². The van der Waals surface area contributed by atoms with Gasteiger partial charge in [-0.05, 0) is 24.3 Å². The number of carbonyl (C=O) groups is 1. The maximum Gasteiger partial charge on any atom is 0.247 e. The zero-order valence-corrected chi connectivity index (χ0v) is 12.6. The van der Waals surface area contributed by atoms with Gasteiger partial charge in [-0.15, -0.1) is 16.4 Å². The van der Waals surface area contributed by atoms with Gasteiger partial charge in [-0.2, -0.15) is 0 Å². The first-order valence-electron chi connectivity index (χ1n) is 6.48. The molecule has 1 amide bonds. The van der Waals surface area contributed by atoms with Crippen molar-refractivity contribution in [3.8, 4) is 17.0 Å². The second-order valence-corrected chi connectivity index (χ2v) is 5.31. The van der Waals surface area contributed by atoms with Crippen LogP contribution in [-0.4, -0.2) is 33.0 Å². The Morgan fingerprint density at radius 1 is 1.36 bits per heavy atom. The molecule has 0 saturated carbocycles. The fourth-order valence-corrected chi connectivity index (χ4v) is 2.41. The molecule has 0 fully saturated rings. The van der Waals surface area contributed by atoms with E-state index in [1.807, 2.05) is 24.3 Å². The van der Waals surface area contributed by atoms with Gasteiger partial charge in [-0.1, -0.05) is 5.21 Å². The number of amides is 1. The first-order valence-corrected chi connectivity index (χ1v) is 7.36. The molecule has 112 valence electrons. The average Bonchev–Trinajstić information content (AvgIpc) is 3.19. The SMILES string of the molecule is COc1ccc(-c2cn(CC(=O)Nc3nccs3)nn2)cc1. The van der Waals surface area contributed by atoms with E-state index in [1.165, 1.54) is 16.0 Å². The molecule has 0 unspecified atom stereocenters. The van der Waals surface area contributed by atoms with E-state index in [-0.39, 0.29) is 12.5 Å². The van der Waals surface area contributed by atoms with Crippen molar-refractivity contribution in [2.45, 2.75) is 6.54 Å². The number of aromatic nitrogens is 4. The molecule has 8 heteroatoms. The Kier molecular flexibility index (Phi) is 4.10.